The van der Waals surface area contributed by atoms with Gasteiger partial charge < -0.3 is 16.4 Å². The van der Waals surface area contributed by atoms with Crippen molar-refractivity contribution in [3.05, 3.63) is 72.1 Å². The van der Waals surface area contributed by atoms with Crippen LogP contribution in [0.5, 0.6) is 0 Å². The fourth-order valence-electron chi connectivity index (χ4n) is 2.74. The Hall–Kier alpha value is -3.41. The van der Waals surface area contributed by atoms with E-state index < -0.39 is 0 Å². The third-order valence-corrected chi connectivity index (χ3v) is 3.93. The van der Waals surface area contributed by atoms with Crippen LogP contribution in [-0.4, -0.2) is 15.8 Å². The molecule has 0 saturated heterocycles. The van der Waals surface area contributed by atoms with Gasteiger partial charge in [-0.25, -0.2) is 15.0 Å². The second-order valence-electron chi connectivity index (χ2n) is 5.56. The van der Waals surface area contributed by atoms with Gasteiger partial charge in [-0.05, 0) is 29.8 Å². The van der Waals surface area contributed by atoms with Gasteiger partial charge in [0.2, 0.25) is 0 Å². The number of aliphatic imine (C=N–C) groups is 1. The summed E-state index contributed by atoms with van der Waals surface area (Å²) in [6.45, 7) is 0.739. The monoisotopic (exact) mass is 316 g/mol. The van der Waals surface area contributed by atoms with Crippen LogP contribution < -0.4 is 16.4 Å². The van der Waals surface area contributed by atoms with Crippen LogP contribution in [0.15, 0.2) is 65.9 Å². The Morgan fingerprint density at radius 1 is 0.875 bits per heavy atom. The van der Waals surface area contributed by atoms with Crippen LogP contribution >= 0.6 is 0 Å². The summed E-state index contributed by atoms with van der Waals surface area (Å²) in [5.74, 6) is 1.84. The SMILES string of the molecule is Nc1ccc(N=C2c3ccccc3CN2c2ccc(N)nc2)cn1. The first-order valence-corrected chi connectivity index (χ1v) is 7.58. The molecule has 0 amide bonds. The molecule has 0 saturated carbocycles. The van der Waals surface area contributed by atoms with Gasteiger partial charge in [0.25, 0.3) is 0 Å². The van der Waals surface area contributed by atoms with Crippen molar-refractivity contribution in [3.63, 3.8) is 0 Å². The number of hydrogen-bond acceptors (Lipinski definition) is 5. The van der Waals surface area contributed by atoms with E-state index in [2.05, 4.69) is 27.0 Å². The van der Waals surface area contributed by atoms with E-state index in [9.17, 15) is 0 Å². The number of nitrogens with zero attached hydrogens (tertiary/aromatic N) is 4. The summed E-state index contributed by atoms with van der Waals surface area (Å²) >= 11 is 0. The zero-order valence-corrected chi connectivity index (χ0v) is 12.9. The lowest BCUT2D eigenvalue weighted by Crippen LogP contribution is -2.24. The van der Waals surface area contributed by atoms with E-state index in [1.54, 1.807) is 24.5 Å². The van der Waals surface area contributed by atoms with Gasteiger partial charge >= 0.3 is 0 Å². The zero-order valence-electron chi connectivity index (χ0n) is 12.9. The Labute approximate surface area is 139 Å². The number of hydrogen-bond donors (Lipinski definition) is 2. The molecule has 0 fully saturated rings. The first-order valence-electron chi connectivity index (χ1n) is 7.58. The van der Waals surface area contributed by atoms with Gasteiger partial charge in [-0.1, -0.05) is 24.3 Å². The summed E-state index contributed by atoms with van der Waals surface area (Å²) in [6.07, 6.45) is 3.43. The lowest BCUT2D eigenvalue weighted by Gasteiger charge is -2.19. The highest BCUT2D eigenvalue weighted by atomic mass is 15.2. The molecule has 4 rings (SSSR count). The van der Waals surface area contributed by atoms with E-state index in [1.165, 1.54) is 5.56 Å². The van der Waals surface area contributed by atoms with E-state index in [1.807, 2.05) is 24.3 Å². The molecule has 6 nitrogen and oxygen atoms in total. The minimum atomic E-state index is 0.477. The number of fused-ring (bicyclic) bond motifs is 1. The van der Waals surface area contributed by atoms with Gasteiger partial charge in [0.05, 0.1) is 30.3 Å². The van der Waals surface area contributed by atoms with Crippen molar-refractivity contribution in [2.45, 2.75) is 6.54 Å². The molecule has 4 N–H and O–H groups in total. The van der Waals surface area contributed by atoms with Crippen LogP contribution in [0.3, 0.4) is 0 Å². The second kappa shape index (κ2) is 5.66. The lowest BCUT2D eigenvalue weighted by atomic mass is 10.1. The van der Waals surface area contributed by atoms with Crippen molar-refractivity contribution in [2.75, 3.05) is 16.4 Å². The number of anilines is 3. The van der Waals surface area contributed by atoms with Crippen molar-refractivity contribution in [1.29, 1.82) is 0 Å². The van der Waals surface area contributed by atoms with E-state index in [0.29, 0.717) is 11.6 Å². The first-order chi connectivity index (χ1) is 11.7. The highest BCUT2D eigenvalue weighted by Crippen LogP contribution is 2.30. The smallest absolute Gasteiger partial charge is 0.141 e. The van der Waals surface area contributed by atoms with E-state index in [0.717, 1.165) is 29.3 Å². The highest BCUT2D eigenvalue weighted by molar-refractivity contribution is 6.14. The van der Waals surface area contributed by atoms with Crippen LogP contribution in [0.4, 0.5) is 23.0 Å². The Morgan fingerprint density at radius 2 is 1.62 bits per heavy atom. The summed E-state index contributed by atoms with van der Waals surface area (Å²) in [6, 6.07) is 15.6. The Bertz CT molecular complexity index is 900. The third kappa shape index (κ3) is 2.54. The summed E-state index contributed by atoms with van der Waals surface area (Å²) in [4.78, 5) is 15.2. The lowest BCUT2D eigenvalue weighted by molar-refractivity contribution is 1.04. The molecule has 0 unspecified atom stereocenters. The normalized spacial score (nSPS) is 14.8. The average molecular weight is 316 g/mol. The van der Waals surface area contributed by atoms with Crippen LogP contribution in [0.2, 0.25) is 0 Å². The van der Waals surface area contributed by atoms with Gasteiger partial charge in [-0.15, -0.1) is 0 Å². The van der Waals surface area contributed by atoms with Crippen molar-refractivity contribution in [2.24, 2.45) is 4.99 Å². The minimum absolute atomic E-state index is 0.477. The fourth-order valence-corrected chi connectivity index (χ4v) is 2.74. The predicted molar refractivity (Wildman–Crippen MR) is 96.1 cm³/mol. The summed E-state index contributed by atoms with van der Waals surface area (Å²) < 4.78 is 0. The molecule has 3 heterocycles. The fraction of sp³-hybridized carbons (Fsp3) is 0.0556. The topological polar surface area (TPSA) is 93.4 Å². The molecule has 3 aromatic rings. The number of pyridine rings is 2. The highest BCUT2D eigenvalue weighted by Gasteiger charge is 2.26. The summed E-state index contributed by atoms with van der Waals surface area (Å²) in [5, 5.41) is 0. The standard InChI is InChI=1S/C18H16N6/c19-16-7-5-13(9-21-16)23-18-15-4-2-1-3-12(15)11-24(18)14-6-8-17(20)22-10-14/h1-10H,11H2,(H2,19,21)(H2,20,22). The van der Waals surface area contributed by atoms with Crippen LogP contribution in [0.1, 0.15) is 11.1 Å². The van der Waals surface area contributed by atoms with Gasteiger partial charge in [0, 0.05) is 5.56 Å². The predicted octanol–water partition coefficient (Wildman–Crippen LogP) is 2.74. The second-order valence-corrected chi connectivity index (χ2v) is 5.56. The van der Waals surface area contributed by atoms with Crippen LogP contribution in [0.25, 0.3) is 0 Å². The molecule has 0 spiro atoms. The molecular formula is C18H16N6. The average Bonchev–Trinajstić information content (AvgIpc) is 2.96. The van der Waals surface area contributed by atoms with Gasteiger partial charge in [0.15, 0.2) is 0 Å². The van der Waals surface area contributed by atoms with Crippen molar-refractivity contribution in [3.8, 4) is 0 Å². The number of rotatable bonds is 2. The first kappa shape index (κ1) is 14.2. The molecule has 1 aliphatic heterocycles. The molecular weight excluding hydrogens is 300 g/mol. The molecule has 0 radical (unpaired) electrons. The Kier molecular flexibility index (Phi) is 3.35. The van der Waals surface area contributed by atoms with Crippen molar-refractivity contribution in [1.82, 2.24) is 9.97 Å². The van der Waals surface area contributed by atoms with Crippen LogP contribution in [-0.2, 0) is 6.54 Å². The largest absolute Gasteiger partial charge is 0.384 e. The zero-order chi connectivity index (χ0) is 16.5. The maximum absolute atomic E-state index is 5.70. The molecule has 6 heteroatoms. The van der Waals surface area contributed by atoms with Crippen molar-refractivity contribution < 1.29 is 0 Å². The summed E-state index contributed by atoms with van der Waals surface area (Å²) in [5.41, 5.74) is 15.4. The van der Waals surface area contributed by atoms with E-state index in [-0.39, 0.29) is 0 Å². The molecule has 24 heavy (non-hydrogen) atoms. The van der Waals surface area contributed by atoms with Gasteiger partial charge in [0.1, 0.15) is 17.5 Å². The number of benzene rings is 1. The molecule has 2 aromatic heterocycles. The van der Waals surface area contributed by atoms with Crippen molar-refractivity contribution >= 4 is 28.8 Å². The molecule has 0 atom stereocenters. The van der Waals surface area contributed by atoms with Gasteiger partial charge in [-0.3, -0.25) is 0 Å². The van der Waals surface area contributed by atoms with E-state index in [4.69, 9.17) is 16.5 Å². The molecule has 0 bridgehead atoms. The van der Waals surface area contributed by atoms with E-state index >= 15 is 0 Å². The number of nitrogen functional groups attached to an aromatic ring is 2. The molecule has 1 aliphatic rings. The maximum Gasteiger partial charge on any atom is 0.141 e. The quantitative estimate of drug-likeness (QED) is 0.758. The summed E-state index contributed by atoms with van der Waals surface area (Å²) in [7, 11) is 0. The molecule has 0 aliphatic carbocycles. The molecule has 118 valence electrons. The Balaban J connectivity index is 1.81. The maximum atomic E-state index is 5.70. The molecule has 1 aromatic carbocycles. The Morgan fingerprint density at radius 3 is 2.33 bits per heavy atom. The minimum Gasteiger partial charge on any atom is -0.384 e. The van der Waals surface area contributed by atoms with Crippen LogP contribution in [0, 0.1) is 0 Å². The number of aromatic nitrogens is 2. The number of nitrogens with two attached hydrogens (primary N) is 2. The number of amidine groups is 1. The van der Waals surface area contributed by atoms with Gasteiger partial charge in [-0.2, -0.15) is 0 Å². The third-order valence-electron chi connectivity index (χ3n) is 3.93.